The minimum absolute atomic E-state index is 0.00596. The van der Waals surface area contributed by atoms with Crippen molar-refractivity contribution in [2.75, 3.05) is 13.2 Å². The van der Waals surface area contributed by atoms with Gasteiger partial charge in [-0.25, -0.2) is 9.59 Å². The first kappa shape index (κ1) is 39.8. The van der Waals surface area contributed by atoms with Crippen molar-refractivity contribution in [2.24, 2.45) is 0 Å². The molecular weight excluding hydrogens is 546 g/mol. The molecule has 254 valence electrons. The first-order chi connectivity index (χ1) is 21.0. The van der Waals surface area contributed by atoms with Crippen LogP contribution in [0.1, 0.15) is 175 Å². The minimum Gasteiger partial charge on any atom is -0.377 e. The van der Waals surface area contributed by atoms with Gasteiger partial charge in [0.05, 0.1) is 6.10 Å². The Morgan fingerprint density at radius 1 is 0.651 bits per heavy atom. The molecule has 1 rings (SSSR count). The van der Waals surface area contributed by atoms with Gasteiger partial charge in [-0.1, -0.05) is 91.9 Å². The first-order valence-corrected chi connectivity index (χ1v) is 18.1. The number of nitrogens with one attached hydrogen (secondary N) is 1. The maximum atomic E-state index is 11.8. The van der Waals surface area contributed by atoms with Gasteiger partial charge in [0.25, 0.3) is 0 Å². The Morgan fingerprint density at radius 2 is 1.09 bits per heavy atom. The highest BCUT2D eigenvalue weighted by atomic mass is 17.2. The Morgan fingerprint density at radius 3 is 1.51 bits per heavy atom. The van der Waals surface area contributed by atoms with E-state index in [1.165, 1.54) is 70.6 Å². The highest BCUT2D eigenvalue weighted by Gasteiger charge is 2.16. The third-order valence-corrected chi connectivity index (χ3v) is 8.65. The lowest BCUT2D eigenvalue weighted by Gasteiger charge is -2.26. The number of rotatable bonds is 29. The van der Waals surface area contributed by atoms with E-state index in [-0.39, 0.29) is 24.1 Å². The first-order valence-electron chi connectivity index (χ1n) is 18.1. The largest absolute Gasteiger partial charge is 0.377 e. The fourth-order valence-electron chi connectivity index (χ4n) is 5.53. The van der Waals surface area contributed by atoms with Crippen LogP contribution in [0.5, 0.6) is 0 Å². The summed E-state index contributed by atoms with van der Waals surface area (Å²) in [5.41, 5.74) is 0. The molecule has 1 atom stereocenters. The molecule has 0 radical (unpaired) electrons. The van der Waals surface area contributed by atoms with Crippen LogP contribution in [0.2, 0.25) is 0 Å². The predicted molar refractivity (Wildman–Crippen MR) is 172 cm³/mol. The number of ether oxygens (including phenoxy) is 1. The molecule has 0 amide bonds. The molecule has 0 aliphatic carbocycles. The average molecular weight is 614 g/mol. The van der Waals surface area contributed by atoms with Gasteiger partial charge in [0.15, 0.2) is 0 Å². The van der Waals surface area contributed by atoms with Crippen molar-refractivity contribution >= 4 is 11.9 Å². The molecule has 0 bridgehead atoms. The number of unbranched alkanes of at least 4 members (excludes halogenated alkanes) is 10. The van der Waals surface area contributed by atoms with Crippen LogP contribution >= 0.6 is 0 Å². The average Bonchev–Trinajstić information content (AvgIpc) is 3.03. The predicted octanol–water partition coefficient (Wildman–Crippen LogP) is 9.08. The molecule has 1 heterocycles. The fraction of sp³-hybridized carbons (Fsp3) is 0.943. The van der Waals surface area contributed by atoms with Crippen molar-refractivity contribution < 1.29 is 33.9 Å². The molecule has 8 heteroatoms. The molecule has 0 aromatic rings. The molecule has 1 aliphatic rings. The van der Waals surface area contributed by atoms with E-state index in [1.807, 2.05) is 27.7 Å². The number of hydrogen-bond acceptors (Lipinski definition) is 8. The monoisotopic (exact) mass is 613 g/mol. The van der Waals surface area contributed by atoms with Crippen molar-refractivity contribution in [2.45, 2.75) is 200 Å². The van der Waals surface area contributed by atoms with E-state index < -0.39 is 0 Å². The molecule has 1 fully saturated rings. The van der Waals surface area contributed by atoms with E-state index in [2.05, 4.69) is 5.32 Å². The van der Waals surface area contributed by atoms with Gasteiger partial charge in [-0.2, -0.15) is 9.78 Å². The lowest BCUT2D eigenvalue weighted by molar-refractivity contribution is -0.299. The van der Waals surface area contributed by atoms with Crippen LogP contribution in [0, 0.1) is 0 Å². The zero-order valence-electron chi connectivity index (χ0n) is 28.3. The standard InChI is InChI=1S/C35H67NO7/c1-5-31(6-2)40-42-34(37)26-19-15-11-9-13-17-23-30(36-29-33-25-21-22-28-39-33)24-18-14-10-12-16-20-27-35(38)43-41-32(7-3)8-4/h30-33,36H,5-29H2,1-4H3. The summed E-state index contributed by atoms with van der Waals surface area (Å²) in [6, 6.07) is 0.556. The Balaban J connectivity index is 2.14. The van der Waals surface area contributed by atoms with Gasteiger partial charge in [-0.15, -0.1) is 0 Å². The van der Waals surface area contributed by atoms with E-state index in [1.54, 1.807) is 0 Å². The summed E-state index contributed by atoms with van der Waals surface area (Å²) in [6.07, 6.45) is 24.3. The van der Waals surface area contributed by atoms with Crippen LogP contribution in [-0.4, -0.2) is 49.4 Å². The van der Waals surface area contributed by atoms with Gasteiger partial charge >= 0.3 is 11.9 Å². The second-order valence-corrected chi connectivity index (χ2v) is 12.4. The molecule has 1 aliphatic heterocycles. The van der Waals surface area contributed by atoms with Crippen LogP contribution in [0.25, 0.3) is 0 Å². The van der Waals surface area contributed by atoms with Crippen molar-refractivity contribution in [3.05, 3.63) is 0 Å². The molecule has 8 nitrogen and oxygen atoms in total. The van der Waals surface area contributed by atoms with Crippen LogP contribution in [0.3, 0.4) is 0 Å². The summed E-state index contributed by atoms with van der Waals surface area (Å²) in [5, 5.41) is 3.84. The Hall–Kier alpha value is -1.22. The lowest BCUT2D eigenvalue weighted by atomic mass is 9.99. The van der Waals surface area contributed by atoms with E-state index in [0.717, 1.165) is 77.4 Å². The quantitative estimate of drug-likeness (QED) is 0.0507. The SMILES string of the molecule is CCC(CC)OOC(=O)CCCCCCCCC(CCCCCCCCC(=O)OOC(CC)CC)NCC1CCCCO1. The summed E-state index contributed by atoms with van der Waals surface area (Å²) >= 11 is 0. The molecule has 1 unspecified atom stereocenters. The summed E-state index contributed by atoms with van der Waals surface area (Å²) in [4.78, 5) is 44.0. The van der Waals surface area contributed by atoms with E-state index >= 15 is 0 Å². The number of hydrogen-bond donors (Lipinski definition) is 1. The molecule has 1 N–H and O–H groups in total. The summed E-state index contributed by atoms with van der Waals surface area (Å²) in [6.45, 7) is 10.0. The van der Waals surface area contributed by atoms with Crippen molar-refractivity contribution in [1.29, 1.82) is 0 Å². The van der Waals surface area contributed by atoms with Gasteiger partial charge in [0.2, 0.25) is 0 Å². The Labute approximate surface area is 263 Å². The van der Waals surface area contributed by atoms with Crippen LogP contribution in [0.15, 0.2) is 0 Å². The molecule has 1 saturated heterocycles. The summed E-state index contributed by atoms with van der Waals surface area (Å²) in [7, 11) is 0. The topological polar surface area (TPSA) is 92.3 Å². The van der Waals surface area contributed by atoms with Crippen molar-refractivity contribution in [3.8, 4) is 0 Å². The molecular formula is C35H67NO7. The van der Waals surface area contributed by atoms with Gasteiger partial charge in [0.1, 0.15) is 12.2 Å². The van der Waals surface area contributed by atoms with Crippen molar-refractivity contribution in [1.82, 2.24) is 5.32 Å². The molecule has 43 heavy (non-hydrogen) atoms. The van der Waals surface area contributed by atoms with Crippen molar-refractivity contribution in [3.63, 3.8) is 0 Å². The fourth-order valence-corrected chi connectivity index (χ4v) is 5.53. The van der Waals surface area contributed by atoms with E-state index in [9.17, 15) is 9.59 Å². The molecule has 0 saturated carbocycles. The van der Waals surface area contributed by atoms with Gasteiger partial charge in [-0.05, 0) is 70.6 Å². The Bertz CT molecular complexity index is 604. The zero-order chi connectivity index (χ0) is 31.4. The normalized spacial score (nSPS) is 15.5. The maximum absolute atomic E-state index is 11.8. The number of carbonyl (C=O) groups is 2. The highest BCUT2D eigenvalue weighted by molar-refractivity contribution is 5.68. The summed E-state index contributed by atoms with van der Waals surface area (Å²) in [5.74, 6) is -0.490. The van der Waals surface area contributed by atoms with Gasteiger partial charge < -0.3 is 10.1 Å². The maximum Gasteiger partial charge on any atom is 0.342 e. The smallest absolute Gasteiger partial charge is 0.342 e. The zero-order valence-corrected chi connectivity index (χ0v) is 28.3. The van der Waals surface area contributed by atoms with E-state index in [4.69, 9.17) is 24.3 Å². The third-order valence-electron chi connectivity index (χ3n) is 8.65. The second-order valence-electron chi connectivity index (χ2n) is 12.4. The summed E-state index contributed by atoms with van der Waals surface area (Å²) < 4.78 is 5.96. The van der Waals surface area contributed by atoms with Crippen LogP contribution in [-0.2, 0) is 33.9 Å². The minimum atomic E-state index is -0.245. The highest BCUT2D eigenvalue weighted by Crippen LogP contribution is 2.17. The number of carbonyl (C=O) groups excluding carboxylic acids is 2. The Kier molecular flexibility index (Phi) is 26.2. The third kappa shape index (κ3) is 22.9. The second kappa shape index (κ2) is 28.3. The molecule has 0 aromatic heterocycles. The van der Waals surface area contributed by atoms with E-state index in [0.29, 0.717) is 25.0 Å². The lowest BCUT2D eigenvalue weighted by Crippen LogP contribution is -2.38. The molecule has 0 spiro atoms. The van der Waals surface area contributed by atoms with Gasteiger partial charge in [0, 0.05) is 32.0 Å². The van der Waals surface area contributed by atoms with Gasteiger partial charge in [-0.3, -0.25) is 9.78 Å². The van der Waals surface area contributed by atoms with Crippen LogP contribution < -0.4 is 5.32 Å². The molecule has 0 aromatic carbocycles. The van der Waals surface area contributed by atoms with Crippen LogP contribution in [0.4, 0.5) is 0 Å².